The minimum Gasteiger partial charge on any atom is -0.491 e. The number of benzene rings is 2. The molecule has 2 atom stereocenters. The number of aliphatic carboxylic acids is 1. The largest absolute Gasteiger partial charge is 0.491 e. The third kappa shape index (κ3) is 4.38. The van der Waals surface area contributed by atoms with Crippen LogP contribution in [0.3, 0.4) is 0 Å². The predicted molar refractivity (Wildman–Crippen MR) is 95.2 cm³/mol. The molecule has 0 heterocycles. The highest BCUT2D eigenvalue weighted by Crippen LogP contribution is 2.42. The van der Waals surface area contributed by atoms with Crippen LogP contribution < -0.4 is 4.74 Å². The van der Waals surface area contributed by atoms with Crippen LogP contribution in [-0.4, -0.2) is 17.2 Å². The molecule has 3 rings (SSSR count). The van der Waals surface area contributed by atoms with E-state index < -0.39 is 5.97 Å². The first kappa shape index (κ1) is 17.5. The molecular weight excluding hydrogens is 319 g/mol. The van der Waals surface area contributed by atoms with Crippen LogP contribution in [0, 0.1) is 17.7 Å². The Bertz CT molecular complexity index is 752. The lowest BCUT2D eigenvalue weighted by molar-refractivity contribution is -0.138. The van der Waals surface area contributed by atoms with Crippen molar-refractivity contribution in [1.82, 2.24) is 0 Å². The summed E-state index contributed by atoms with van der Waals surface area (Å²) >= 11 is 0. The van der Waals surface area contributed by atoms with Gasteiger partial charge < -0.3 is 9.84 Å². The van der Waals surface area contributed by atoms with Crippen molar-refractivity contribution in [3.05, 3.63) is 53.8 Å². The lowest BCUT2D eigenvalue weighted by Crippen LogP contribution is -2.05. The number of carboxylic acid groups (broad SMARTS) is 1. The minimum atomic E-state index is -0.681. The molecule has 1 aliphatic carbocycles. The van der Waals surface area contributed by atoms with Crippen LogP contribution in [-0.2, 0) is 11.2 Å². The Morgan fingerprint density at radius 3 is 2.56 bits per heavy atom. The van der Waals surface area contributed by atoms with Gasteiger partial charge in [0.05, 0.1) is 12.0 Å². The molecule has 1 N–H and O–H groups in total. The van der Waals surface area contributed by atoms with Crippen LogP contribution in [0.15, 0.2) is 42.5 Å². The zero-order valence-corrected chi connectivity index (χ0v) is 14.5. The summed E-state index contributed by atoms with van der Waals surface area (Å²) in [4.78, 5) is 10.9. The molecule has 1 fully saturated rings. The Balaban J connectivity index is 1.67. The fraction of sp³-hybridized carbons (Fsp3) is 0.381. The lowest BCUT2D eigenvalue weighted by Gasteiger charge is -2.12. The van der Waals surface area contributed by atoms with Crippen LogP contribution in [0.25, 0.3) is 11.1 Å². The highest BCUT2D eigenvalue weighted by Gasteiger charge is 2.42. The Hall–Kier alpha value is -2.36. The van der Waals surface area contributed by atoms with E-state index >= 15 is 0 Å². The molecule has 2 aromatic rings. The maximum Gasteiger partial charge on any atom is 0.306 e. The maximum atomic E-state index is 14.2. The standard InChI is InChI=1S/C21H23FO3/c1-13(2)25-17-9-10-20(22)18(12-17)15-6-3-14(4-7-15)5-8-16-11-19(16)21(23)24/h3-4,6-7,9-10,12-13,16,19H,5,8,11H2,1-2H3,(H,23,24)/t16-,19+/m1/s1. The van der Waals surface area contributed by atoms with Gasteiger partial charge in [0, 0.05) is 5.56 Å². The number of halogens is 1. The number of carbonyl (C=O) groups is 1. The average Bonchev–Trinajstić information content (AvgIpc) is 3.35. The number of aryl methyl sites for hydroxylation is 1. The van der Waals surface area contributed by atoms with Gasteiger partial charge in [0.15, 0.2) is 0 Å². The Labute approximate surface area is 147 Å². The topological polar surface area (TPSA) is 46.5 Å². The summed E-state index contributed by atoms with van der Waals surface area (Å²) in [5.41, 5.74) is 2.48. The van der Waals surface area contributed by atoms with Gasteiger partial charge in [-0.3, -0.25) is 4.79 Å². The van der Waals surface area contributed by atoms with Crippen LogP contribution in [0.1, 0.15) is 32.3 Å². The number of carboxylic acids is 1. The quantitative estimate of drug-likeness (QED) is 0.776. The van der Waals surface area contributed by atoms with Crippen molar-refractivity contribution in [3.63, 3.8) is 0 Å². The minimum absolute atomic E-state index is 0.0396. The Morgan fingerprint density at radius 1 is 1.24 bits per heavy atom. The number of ether oxygens (including phenoxy) is 1. The third-order valence-electron chi connectivity index (χ3n) is 4.62. The van der Waals surface area contributed by atoms with Gasteiger partial charge >= 0.3 is 5.97 Å². The van der Waals surface area contributed by atoms with Gasteiger partial charge in [-0.05, 0) is 68.4 Å². The first-order chi connectivity index (χ1) is 11.9. The van der Waals surface area contributed by atoms with E-state index in [1.165, 1.54) is 6.07 Å². The van der Waals surface area contributed by atoms with Crippen molar-refractivity contribution >= 4 is 5.97 Å². The summed E-state index contributed by atoms with van der Waals surface area (Å²) in [5, 5.41) is 8.94. The second-order valence-corrected chi connectivity index (χ2v) is 6.98. The second-order valence-electron chi connectivity index (χ2n) is 6.98. The third-order valence-corrected chi connectivity index (χ3v) is 4.62. The van der Waals surface area contributed by atoms with Gasteiger partial charge in [-0.1, -0.05) is 24.3 Å². The summed E-state index contributed by atoms with van der Waals surface area (Å²) in [6, 6.07) is 12.6. The fourth-order valence-electron chi connectivity index (χ4n) is 3.14. The zero-order chi connectivity index (χ0) is 18.0. The average molecular weight is 342 g/mol. The van der Waals surface area contributed by atoms with E-state index in [0.29, 0.717) is 17.2 Å². The van der Waals surface area contributed by atoms with E-state index in [-0.39, 0.29) is 17.8 Å². The van der Waals surface area contributed by atoms with Crippen LogP contribution >= 0.6 is 0 Å². The van der Waals surface area contributed by atoms with Gasteiger partial charge in [-0.25, -0.2) is 4.39 Å². The molecule has 0 bridgehead atoms. The van der Waals surface area contributed by atoms with Crippen LogP contribution in [0.2, 0.25) is 0 Å². The molecule has 0 spiro atoms. The molecule has 132 valence electrons. The van der Waals surface area contributed by atoms with E-state index in [1.54, 1.807) is 12.1 Å². The smallest absolute Gasteiger partial charge is 0.306 e. The van der Waals surface area contributed by atoms with E-state index in [9.17, 15) is 9.18 Å². The lowest BCUT2D eigenvalue weighted by atomic mass is 10.0. The molecule has 2 aromatic carbocycles. The second kappa shape index (κ2) is 7.26. The number of hydrogen-bond donors (Lipinski definition) is 1. The molecule has 0 saturated heterocycles. The summed E-state index contributed by atoms with van der Waals surface area (Å²) in [5.74, 6) is -0.147. The highest BCUT2D eigenvalue weighted by atomic mass is 19.1. The van der Waals surface area contributed by atoms with Gasteiger partial charge in [0.2, 0.25) is 0 Å². The van der Waals surface area contributed by atoms with Gasteiger partial charge in [-0.15, -0.1) is 0 Å². The summed E-state index contributed by atoms with van der Waals surface area (Å²) in [6.45, 7) is 3.87. The van der Waals surface area contributed by atoms with Crippen molar-refractivity contribution in [2.24, 2.45) is 11.8 Å². The molecule has 0 aliphatic heterocycles. The van der Waals surface area contributed by atoms with Crippen LogP contribution in [0.5, 0.6) is 5.75 Å². The molecule has 0 amide bonds. The molecule has 1 aliphatic rings. The van der Waals surface area contributed by atoms with Crippen molar-refractivity contribution in [2.75, 3.05) is 0 Å². The summed E-state index contributed by atoms with van der Waals surface area (Å²) in [7, 11) is 0. The molecule has 4 heteroatoms. The Kier molecular flexibility index (Phi) is 5.07. The number of hydrogen-bond acceptors (Lipinski definition) is 2. The molecule has 1 saturated carbocycles. The van der Waals surface area contributed by atoms with E-state index in [0.717, 1.165) is 30.4 Å². The molecule has 25 heavy (non-hydrogen) atoms. The maximum absolute atomic E-state index is 14.2. The molecule has 0 radical (unpaired) electrons. The van der Waals surface area contributed by atoms with Crippen LogP contribution in [0.4, 0.5) is 4.39 Å². The highest BCUT2D eigenvalue weighted by molar-refractivity contribution is 5.73. The SMILES string of the molecule is CC(C)Oc1ccc(F)c(-c2ccc(CC[C@@H]3C[C@@H]3C(=O)O)cc2)c1. The van der Waals surface area contributed by atoms with Crippen molar-refractivity contribution in [2.45, 2.75) is 39.2 Å². The van der Waals surface area contributed by atoms with Crippen molar-refractivity contribution in [1.29, 1.82) is 0 Å². The molecular formula is C21H23FO3. The predicted octanol–water partition coefficient (Wildman–Crippen LogP) is 4.93. The monoisotopic (exact) mass is 342 g/mol. The summed E-state index contributed by atoms with van der Waals surface area (Å²) < 4.78 is 19.8. The van der Waals surface area contributed by atoms with Gasteiger partial charge in [-0.2, -0.15) is 0 Å². The molecule has 0 aromatic heterocycles. The van der Waals surface area contributed by atoms with Crippen molar-refractivity contribution in [3.8, 4) is 16.9 Å². The van der Waals surface area contributed by atoms with E-state index in [4.69, 9.17) is 9.84 Å². The fourth-order valence-corrected chi connectivity index (χ4v) is 3.14. The summed E-state index contributed by atoms with van der Waals surface area (Å²) in [6.07, 6.45) is 2.58. The van der Waals surface area contributed by atoms with E-state index in [1.807, 2.05) is 38.1 Å². The normalized spacial score (nSPS) is 19.0. The zero-order valence-electron chi connectivity index (χ0n) is 14.5. The first-order valence-electron chi connectivity index (χ1n) is 8.72. The molecule has 3 nitrogen and oxygen atoms in total. The molecule has 0 unspecified atom stereocenters. The first-order valence-corrected chi connectivity index (χ1v) is 8.72. The van der Waals surface area contributed by atoms with E-state index in [2.05, 4.69) is 0 Å². The van der Waals surface area contributed by atoms with Crippen molar-refractivity contribution < 1.29 is 19.0 Å². The Morgan fingerprint density at radius 2 is 1.96 bits per heavy atom. The van der Waals surface area contributed by atoms with Gasteiger partial charge in [0.1, 0.15) is 11.6 Å². The number of rotatable bonds is 7. The van der Waals surface area contributed by atoms with Gasteiger partial charge in [0.25, 0.3) is 0 Å².